The topological polar surface area (TPSA) is 59.1 Å². The first-order valence-corrected chi connectivity index (χ1v) is 5.84. The minimum absolute atomic E-state index is 0.0587. The van der Waals surface area contributed by atoms with Crippen molar-refractivity contribution >= 4 is 17.4 Å². The lowest BCUT2D eigenvalue weighted by atomic mass is 10.1. The van der Waals surface area contributed by atoms with Crippen LogP contribution in [0, 0.1) is 5.41 Å². The van der Waals surface area contributed by atoms with Gasteiger partial charge in [-0.15, -0.1) is 0 Å². The molecule has 0 amide bonds. The lowest BCUT2D eigenvalue weighted by molar-refractivity contribution is 0.306. The molecule has 0 saturated heterocycles. The summed E-state index contributed by atoms with van der Waals surface area (Å²) in [6, 6.07) is 14.6. The summed E-state index contributed by atoms with van der Waals surface area (Å²) in [7, 11) is 0. The van der Waals surface area contributed by atoms with E-state index in [9.17, 15) is 0 Å². The summed E-state index contributed by atoms with van der Waals surface area (Å²) in [5.74, 6) is 0.816. The molecule has 92 valence electrons. The average molecular weight is 261 g/mol. The normalized spacial score (nSPS) is 10.1. The Hall–Kier alpha value is -2.00. The average Bonchev–Trinajstić information content (AvgIpc) is 2.38. The molecule has 0 bridgehead atoms. The highest BCUT2D eigenvalue weighted by Gasteiger charge is 2.00. The fraction of sp³-hybridized carbons (Fsp3) is 0.0714. The van der Waals surface area contributed by atoms with Crippen LogP contribution in [0.15, 0.2) is 48.5 Å². The smallest absolute Gasteiger partial charge is 0.122 e. The molecular weight excluding hydrogens is 248 g/mol. The first-order chi connectivity index (χ1) is 8.65. The van der Waals surface area contributed by atoms with Crippen LogP contribution in [0.4, 0.5) is 0 Å². The maximum absolute atomic E-state index is 7.37. The van der Waals surface area contributed by atoms with E-state index in [0.717, 1.165) is 11.3 Å². The zero-order valence-corrected chi connectivity index (χ0v) is 10.4. The van der Waals surface area contributed by atoms with Crippen LogP contribution in [-0.4, -0.2) is 5.84 Å². The van der Waals surface area contributed by atoms with E-state index in [0.29, 0.717) is 17.2 Å². The Morgan fingerprint density at radius 2 is 1.89 bits per heavy atom. The van der Waals surface area contributed by atoms with Crippen molar-refractivity contribution in [2.24, 2.45) is 5.73 Å². The van der Waals surface area contributed by atoms with Crippen LogP contribution >= 0.6 is 11.6 Å². The predicted molar refractivity (Wildman–Crippen MR) is 73.2 cm³/mol. The van der Waals surface area contributed by atoms with E-state index in [1.54, 1.807) is 18.2 Å². The molecule has 0 aliphatic rings. The third-order valence-corrected chi connectivity index (χ3v) is 2.71. The fourth-order valence-corrected chi connectivity index (χ4v) is 1.65. The maximum Gasteiger partial charge on any atom is 0.122 e. The minimum atomic E-state index is 0.0587. The maximum atomic E-state index is 7.37. The molecule has 0 fully saturated rings. The van der Waals surface area contributed by atoms with Gasteiger partial charge in [0.15, 0.2) is 0 Å². The SMILES string of the molecule is N=C(N)c1cccc(COc2ccc(Cl)cc2)c1. The van der Waals surface area contributed by atoms with E-state index in [-0.39, 0.29) is 5.84 Å². The summed E-state index contributed by atoms with van der Waals surface area (Å²) < 4.78 is 5.61. The number of rotatable bonds is 4. The molecule has 2 rings (SSSR count). The summed E-state index contributed by atoms with van der Waals surface area (Å²) in [5, 5.41) is 8.06. The standard InChI is InChI=1S/C14H13ClN2O/c15-12-4-6-13(7-5-12)18-9-10-2-1-3-11(8-10)14(16)17/h1-8H,9H2,(H3,16,17). The van der Waals surface area contributed by atoms with E-state index in [1.165, 1.54) is 0 Å². The molecule has 4 heteroatoms. The predicted octanol–water partition coefficient (Wildman–Crippen LogP) is 3.20. The van der Waals surface area contributed by atoms with Crippen molar-refractivity contribution in [3.8, 4) is 5.75 Å². The lowest BCUT2D eigenvalue weighted by Crippen LogP contribution is -2.11. The molecule has 0 aliphatic carbocycles. The highest BCUT2D eigenvalue weighted by Crippen LogP contribution is 2.17. The van der Waals surface area contributed by atoms with Crippen molar-refractivity contribution in [1.82, 2.24) is 0 Å². The van der Waals surface area contributed by atoms with Crippen molar-refractivity contribution in [3.63, 3.8) is 0 Å². The largest absolute Gasteiger partial charge is 0.489 e. The highest BCUT2D eigenvalue weighted by molar-refractivity contribution is 6.30. The number of amidine groups is 1. The molecule has 0 spiro atoms. The molecule has 3 nitrogen and oxygen atoms in total. The number of nitrogens with two attached hydrogens (primary N) is 1. The zero-order valence-electron chi connectivity index (χ0n) is 9.69. The Kier molecular flexibility index (Phi) is 3.85. The van der Waals surface area contributed by atoms with Crippen LogP contribution in [0.1, 0.15) is 11.1 Å². The number of ether oxygens (including phenoxy) is 1. The van der Waals surface area contributed by atoms with Crippen molar-refractivity contribution in [2.75, 3.05) is 0 Å². The second kappa shape index (κ2) is 5.56. The van der Waals surface area contributed by atoms with Crippen molar-refractivity contribution < 1.29 is 4.74 Å². The summed E-state index contributed by atoms with van der Waals surface area (Å²) in [6.45, 7) is 0.433. The molecule has 0 aromatic heterocycles. The Labute approximate surface area is 111 Å². The number of nitrogens with one attached hydrogen (secondary N) is 1. The van der Waals surface area contributed by atoms with Crippen LogP contribution < -0.4 is 10.5 Å². The van der Waals surface area contributed by atoms with Crippen LogP contribution in [0.25, 0.3) is 0 Å². The molecule has 0 atom stereocenters. The third-order valence-electron chi connectivity index (χ3n) is 2.46. The van der Waals surface area contributed by atoms with Gasteiger partial charge in [-0.25, -0.2) is 0 Å². The van der Waals surface area contributed by atoms with Gasteiger partial charge < -0.3 is 10.5 Å². The van der Waals surface area contributed by atoms with Gasteiger partial charge in [-0.2, -0.15) is 0 Å². The molecule has 0 radical (unpaired) electrons. The molecule has 0 aliphatic heterocycles. The molecule has 3 N–H and O–H groups in total. The lowest BCUT2D eigenvalue weighted by Gasteiger charge is -2.07. The first kappa shape index (κ1) is 12.5. The number of hydrogen-bond acceptors (Lipinski definition) is 2. The second-order valence-corrected chi connectivity index (χ2v) is 4.29. The summed E-state index contributed by atoms with van der Waals surface area (Å²) in [4.78, 5) is 0. The molecule has 0 saturated carbocycles. The highest BCUT2D eigenvalue weighted by atomic mass is 35.5. The van der Waals surface area contributed by atoms with Gasteiger partial charge in [0, 0.05) is 10.6 Å². The van der Waals surface area contributed by atoms with E-state index in [4.69, 9.17) is 27.5 Å². The summed E-state index contributed by atoms with van der Waals surface area (Å²) in [6.07, 6.45) is 0. The summed E-state index contributed by atoms with van der Waals surface area (Å²) >= 11 is 5.79. The minimum Gasteiger partial charge on any atom is -0.489 e. The van der Waals surface area contributed by atoms with Crippen molar-refractivity contribution in [3.05, 3.63) is 64.7 Å². The van der Waals surface area contributed by atoms with E-state index in [1.807, 2.05) is 30.3 Å². The van der Waals surface area contributed by atoms with Gasteiger partial charge in [0.25, 0.3) is 0 Å². The van der Waals surface area contributed by atoms with Gasteiger partial charge in [-0.1, -0.05) is 29.8 Å². The van der Waals surface area contributed by atoms with Crippen LogP contribution in [0.5, 0.6) is 5.75 Å². The van der Waals surface area contributed by atoms with Gasteiger partial charge in [-0.3, -0.25) is 5.41 Å². The Bertz CT molecular complexity index is 552. The molecular formula is C14H13ClN2O. The van der Waals surface area contributed by atoms with Gasteiger partial charge >= 0.3 is 0 Å². The van der Waals surface area contributed by atoms with Gasteiger partial charge in [0.05, 0.1) is 0 Å². The van der Waals surface area contributed by atoms with E-state index >= 15 is 0 Å². The summed E-state index contributed by atoms with van der Waals surface area (Å²) in [5.41, 5.74) is 7.11. The van der Waals surface area contributed by atoms with E-state index in [2.05, 4.69) is 0 Å². The number of halogens is 1. The monoisotopic (exact) mass is 260 g/mol. The zero-order chi connectivity index (χ0) is 13.0. The molecule has 0 heterocycles. The quantitative estimate of drug-likeness (QED) is 0.655. The molecule has 0 unspecified atom stereocenters. The van der Waals surface area contributed by atoms with Crippen LogP contribution in [-0.2, 0) is 6.61 Å². The number of hydrogen-bond donors (Lipinski definition) is 2. The number of benzene rings is 2. The van der Waals surface area contributed by atoms with Gasteiger partial charge in [0.1, 0.15) is 18.2 Å². The van der Waals surface area contributed by atoms with Crippen molar-refractivity contribution in [1.29, 1.82) is 5.41 Å². The van der Waals surface area contributed by atoms with Crippen LogP contribution in [0.3, 0.4) is 0 Å². The first-order valence-electron chi connectivity index (χ1n) is 5.47. The Morgan fingerprint density at radius 1 is 1.17 bits per heavy atom. The fourth-order valence-electron chi connectivity index (χ4n) is 1.53. The van der Waals surface area contributed by atoms with Crippen LogP contribution in [0.2, 0.25) is 5.02 Å². The molecule has 2 aromatic carbocycles. The second-order valence-electron chi connectivity index (χ2n) is 3.86. The molecule has 18 heavy (non-hydrogen) atoms. The number of nitrogen functional groups attached to an aromatic ring is 1. The van der Waals surface area contributed by atoms with Crippen molar-refractivity contribution in [2.45, 2.75) is 6.61 Å². The van der Waals surface area contributed by atoms with E-state index < -0.39 is 0 Å². The van der Waals surface area contributed by atoms with Gasteiger partial charge in [-0.05, 0) is 35.9 Å². The van der Waals surface area contributed by atoms with Gasteiger partial charge in [0.2, 0.25) is 0 Å². The Balaban J connectivity index is 2.04. The molecule has 2 aromatic rings. The third kappa shape index (κ3) is 3.25. The Morgan fingerprint density at radius 3 is 2.56 bits per heavy atom.